The third kappa shape index (κ3) is 3.58. The molecule has 0 radical (unpaired) electrons. The van der Waals surface area contributed by atoms with Crippen LogP contribution in [0.2, 0.25) is 5.02 Å². The van der Waals surface area contributed by atoms with E-state index in [0.29, 0.717) is 11.7 Å². The molecule has 0 aromatic heterocycles. The molecule has 2 atom stereocenters. The van der Waals surface area contributed by atoms with Gasteiger partial charge in [-0.15, -0.1) is 0 Å². The summed E-state index contributed by atoms with van der Waals surface area (Å²) < 4.78 is 0. The number of ketones is 1. The quantitative estimate of drug-likeness (QED) is 0.809. The summed E-state index contributed by atoms with van der Waals surface area (Å²) in [4.78, 5) is 13.9. The highest BCUT2D eigenvalue weighted by Gasteiger charge is 2.25. The third-order valence-electron chi connectivity index (χ3n) is 4.28. The molecule has 2 rings (SSSR count). The van der Waals surface area contributed by atoms with Gasteiger partial charge < -0.3 is 0 Å². The van der Waals surface area contributed by atoms with Crippen molar-refractivity contribution < 1.29 is 4.79 Å². The first kappa shape index (κ1) is 14.5. The Bertz CT molecular complexity index is 446. The molecule has 0 bridgehead atoms. The molecule has 2 unspecified atom stereocenters. The van der Waals surface area contributed by atoms with Crippen molar-refractivity contribution in [3.8, 4) is 0 Å². The highest BCUT2D eigenvalue weighted by Crippen LogP contribution is 2.28. The molecule has 0 aliphatic heterocycles. The standard InChI is InChI=1S/C16H22ClNO/c1-12(14-7-3-4-8-15(14)17)18(2)11-10-13-6-5-9-16(13)19/h3-4,7-8,12-13H,5-6,9-11H2,1-2H3. The first-order valence-corrected chi connectivity index (χ1v) is 7.44. The lowest BCUT2D eigenvalue weighted by Gasteiger charge is -2.26. The Morgan fingerprint density at radius 2 is 2.16 bits per heavy atom. The Labute approximate surface area is 120 Å². The number of Topliss-reactive ketones (excluding diaryl/α,β-unsaturated/α-hetero) is 1. The Morgan fingerprint density at radius 3 is 2.79 bits per heavy atom. The molecule has 1 aliphatic rings. The zero-order chi connectivity index (χ0) is 13.8. The maximum absolute atomic E-state index is 11.6. The zero-order valence-corrected chi connectivity index (χ0v) is 12.5. The lowest BCUT2D eigenvalue weighted by Crippen LogP contribution is -2.26. The van der Waals surface area contributed by atoms with Crippen LogP contribution in [0.25, 0.3) is 0 Å². The Hall–Kier alpha value is -0.860. The molecule has 0 saturated heterocycles. The number of hydrogen-bond acceptors (Lipinski definition) is 2. The molecule has 1 aromatic rings. The van der Waals surface area contributed by atoms with Crippen molar-refractivity contribution in [3.05, 3.63) is 34.9 Å². The van der Waals surface area contributed by atoms with Crippen LogP contribution in [0.5, 0.6) is 0 Å². The number of halogens is 1. The second-order valence-electron chi connectivity index (χ2n) is 5.52. The van der Waals surface area contributed by atoms with Gasteiger partial charge in [0, 0.05) is 23.4 Å². The smallest absolute Gasteiger partial charge is 0.136 e. The monoisotopic (exact) mass is 279 g/mol. The normalized spacial score (nSPS) is 21.1. The van der Waals surface area contributed by atoms with Crippen molar-refractivity contribution in [2.24, 2.45) is 5.92 Å². The van der Waals surface area contributed by atoms with Crippen LogP contribution >= 0.6 is 11.6 Å². The van der Waals surface area contributed by atoms with E-state index in [0.717, 1.165) is 42.8 Å². The van der Waals surface area contributed by atoms with Crippen LogP contribution in [0.1, 0.15) is 44.2 Å². The lowest BCUT2D eigenvalue weighted by atomic mass is 10.0. The molecule has 3 heteroatoms. The van der Waals surface area contributed by atoms with E-state index in [1.54, 1.807) is 0 Å². The molecule has 1 fully saturated rings. The molecule has 0 spiro atoms. The average molecular weight is 280 g/mol. The third-order valence-corrected chi connectivity index (χ3v) is 4.62. The maximum atomic E-state index is 11.6. The van der Waals surface area contributed by atoms with Crippen LogP contribution in [-0.2, 0) is 4.79 Å². The minimum Gasteiger partial charge on any atom is -0.300 e. The topological polar surface area (TPSA) is 20.3 Å². The van der Waals surface area contributed by atoms with E-state index in [2.05, 4.69) is 24.9 Å². The van der Waals surface area contributed by atoms with E-state index in [-0.39, 0.29) is 6.04 Å². The van der Waals surface area contributed by atoms with Gasteiger partial charge >= 0.3 is 0 Å². The molecule has 0 N–H and O–H groups in total. The Balaban J connectivity index is 1.91. The predicted octanol–water partition coefficient (Wildman–Crippen LogP) is 4.09. The van der Waals surface area contributed by atoms with Gasteiger partial charge in [-0.2, -0.15) is 0 Å². The summed E-state index contributed by atoms with van der Waals surface area (Å²) in [6.07, 6.45) is 3.92. The van der Waals surface area contributed by atoms with E-state index < -0.39 is 0 Å². The molecule has 0 heterocycles. The maximum Gasteiger partial charge on any atom is 0.136 e. The zero-order valence-electron chi connectivity index (χ0n) is 11.7. The van der Waals surface area contributed by atoms with Crippen LogP contribution in [0, 0.1) is 5.92 Å². The van der Waals surface area contributed by atoms with Gasteiger partial charge in [0.15, 0.2) is 0 Å². The van der Waals surface area contributed by atoms with Gasteiger partial charge in [-0.1, -0.05) is 29.8 Å². The lowest BCUT2D eigenvalue weighted by molar-refractivity contribution is -0.120. The van der Waals surface area contributed by atoms with Gasteiger partial charge in [-0.3, -0.25) is 9.69 Å². The SMILES string of the molecule is CC(c1ccccc1Cl)N(C)CCC1CCCC1=O. The summed E-state index contributed by atoms with van der Waals surface area (Å²) in [6.45, 7) is 3.11. The number of nitrogens with zero attached hydrogens (tertiary/aromatic N) is 1. The molecule has 0 amide bonds. The minimum absolute atomic E-state index is 0.283. The first-order valence-electron chi connectivity index (χ1n) is 7.07. The number of benzene rings is 1. The molecule has 1 aliphatic carbocycles. The van der Waals surface area contributed by atoms with E-state index in [1.165, 1.54) is 0 Å². The van der Waals surface area contributed by atoms with Gasteiger partial charge in [-0.25, -0.2) is 0 Å². The van der Waals surface area contributed by atoms with Crippen molar-refractivity contribution in [1.82, 2.24) is 4.90 Å². The van der Waals surface area contributed by atoms with Gasteiger partial charge in [0.2, 0.25) is 0 Å². The Morgan fingerprint density at radius 1 is 1.42 bits per heavy atom. The van der Waals surface area contributed by atoms with Crippen LogP contribution < -0.4 is 0 Å². The van der Waals surface area contributed by atoms with Gasteiger partial charge in [-0.05, 0) is 51.4 Å². The fourth-order valence-electron chi connectivity index (χ4n) is 2.80. The number of rotatable bonds is 5. The summed E-state index contributed by atoms with van der Waals surface area (Å²) in [5, 5.41) is 0.818. The largest absolute Gasteiger partial charge is 0.300 e. The van der Waals surface area contributed by atoms with Gasteiger partial charge in [0.25, 0.3) is 0 Å². The van der Waals surface area contributed by atoms with E-state index >= 15 is 0 Å². The van der Waals surface area contributed by atoms with Crippen molar-refractivity contribution >= 4 is 17.4 Å². The van der Waals surface area contributed by atoms with Crippen LogP contribution in [0.4, 0.5) is 0 Å². The van der Waals surface area contributed by atoms with E-state index in [1.807, 2.05) is 18.2 Å². The second-order valence-corrected chi connectivity index (χ2v) is 5.93. The number of carbonyl (C=O) groups is 1. The molecule has 2 nitrogen and oxygen atoms in total. The second kappa shape index (κ2) is 6.53. The highest BCUT2D eigenvalue weighted by atomic mass is 35.5. The fraction of sp³-hybridized carbons (Fsp3) is 0.562. The minimum atomic E-state index is 0.283. The first-order chi connectivity index (χ1) is 9.09. The molecule has 19 heavy (non-hydrogen) atoms. The summed E-state index contributed by atoms with van der Waals surface area (Å²) in [7, 11) is 2.10. The van der Waals surface area contributed by atoms with E-state index in [9.17, 15) is 4.79 Å². The molecular formula is C16H22ClNO. The fourth-order valence-corrected chi connectivity index (χ4v) is 3.09. The highest BCUT2D eigenvalue weighted by molar-refractivity contribution is 6.31. The van der Waals surface area contributed by atoms with Crippen LogP contribution in [0.3, 0.4) is 0 Å². The molecule has 1 saturated carbocycles. The van der Waals surface area contributed by atoms with Crippen molar-refractivity contribution in [3.63, 3.8) is 0 Å². The van der Waals surface area contributed by atoms with E-state index in [4.69, 9.17) is 11.6 Å². The summed E-state index contributed by atoms with van der Waals surface area (Å²) in [5.74, 6) is 0.750. The van der Waals surface area contributed by atoms with Crippen LogP contribution in [-0.4, -0.2) is 24.3 Å². The molecule has 104 valence electrons. The number of hydrogen-bond donors (Lipinski definition) is 0. The summed E-state index contributed by atoms with van der Waals surface area (Å²) >= 11 is 6.23. The van der Waals surface area contributed by atoms with Gasteiger partial charge in [0.05, 0.1) is 0 Å². The molecular weight excluding hydrogens is 258 g/mol. The molecule has 1 aromatic carbocycles. The van der Waals surface area contributed by atoms with Gasteiger partial charge in [0.1, 0.15) is 5.78 Å². The van der Waals surface area contributed by atoms with Crippen LogP contribution in [0.15, 0.2) is 24.3 Å². The average Bonchev–Trinajstić information content (AvgIpc) is 2.81. The van der Waals surface area contributed by atoms with Crippen molar-refractivity contribution in [2.45, 2.75) is 38.6 Å². The van der Waals surface area contributed by atoms with Crippen molar-refractivity contribution in [1.29, 1.82) is 0 Å². The Kier molecular flexibility index (Phi) is 5.00. The number of carbonyl (C=O) groups excluding carboxylic acids is 1. The summed E-state index contributed by atoms with van der Waals surface area (Å²) in [5.41, 5.74) is 1.16. The van der Waals surface area contributed by atoms with Crippen molar-refractivity contribution in [2.75, 3.05) is 13.6 Å². The summed E-state index contributed by atoms with van der Waals surface area (Å²) in [6, 6.07) is 8.26. The predicted molar refractivity (Wildman–Crippen MR) is 79.5 cm³/mol.